The summed E-state index contributed by atoms with van der Waals surface area (Å²) in [5.41, 5.74) is 4.47. The van der Waals surface area contributed by atoms with Gasteiger partial charge in [0.15, 0.2) is 0 Å². The van der Waals surface area contributed by atoms with Gasteiger partial charge in [0.2, 0.25) is 5.91 Å². The lowest BCUT2D eigenvalue weighted by molar-refractivity contribution is -0.116. The molecule has 2 N–H and O–H groups in total. The third kappa shape index (κ3) is 3.73. The number of nitrogens with zero attached hydrogens (tertiary/aromatic N) is 2. The molecule has 2 aromatic rings. The van der Waals surface area contributed by atoms with Gasteiger partial charge in [-0.15, -0.1) is 0 Å². The summed E-state index contributed by atoms with van der Waals surface area (Å²) in [5, 5.41) is 6.42. The molecule has 0 saturated carbocycles. The highest BCUT2D eigenvalue weighted by molar-refractivity contribution is 6.00. The van der Waals surface area contributed by atoms with Crippen molar-refractivity contribution in [1.82, 2.24) is 9.80 Å². The minimum Gasteiger partial charge on any atom is -0.380 e. The number of likely N-dealkylation sites (N-methyl/N-ethyl adjacent to an activating group) is 1. The summed E-state index contributed by atoms with van der Waals surface area (Å²) >= 11 is 0. The number of rotatable bonds is 2. The molecule has 0 spiro atoms. The van der Waals surface area contributed by atoms with Crippen LogP contribution >= 0.6 is 0 Å². The second kappa shape index (κ2) is 7.64. The third-order valence-electron chi connectivity index (χ3n) is 5.45. The minimum atomic E-state index is 0.0176. The van der Waals surface area contributed by atoms with Gasteiger partial charge in [-0.3, -0.25) is 9.59 Å². The molecule has 2 aliphatic rings. The molecule has 2 amide bonds. The number of piperazine rings is 1. The lowest BCUT2D eigenvalue weighted by Crippen LogP contribution is -2.47. The first-order valence-electron chi connectivity index (χ1n) is 9.79. The Hall–Kier alpha value is -2.86. The average molecular weight is 378 g/mol. The normalized spacial score (nSPS) is 20.0. The average Bonchev–Trinajstić information content (AvgIpc) is 2.84. The number of carbonyl (C=O) groups excluding carboxylic acids is 2. The Morgan fingerprint density at radius 1 is 1.04 bits per heavy atom. The first kappa shape index (κ1) is 18.5. The summed E-state index contributed by atoms with van der Waals surface area (Å²) in [7, 11) is 2.08. The van der Waals surface area contributed by atoms with Crippen LogP contribution in [-0.4, -0.2) is 60.9 Å². The standard InChI is InChI=1S/C22H26N4O2/c1-15-14-20(27)24-19-5-3-4-18(21(19)23-15)16-6-8-17(9-7-16)22(28)26-12-10-25(2)11-13-26/h3-9,15,23H,10-14H2,1-2H3,(H,24,27)/t15-/m1/s1. The molecule has 0 aliphatic carbocycles. The number of fused-ring (bicyclic) bond motifs is 1. The smallest absolute Gasteiger partial charge is 0.253 e. The van der Waals surface area contributed by atoms with Crippen molar-refractivity contribution in [1.29, 1.82) is 0 Å². The predicted octanol–water partition coefficient (Wildman–Crippen LogP) is 2.88. The van der Waals surface area contributed by atoms with E-state index in [4.69, 9.17) is 0 Å². The molecule has 1 fully saturated rings. The van der Waals surface area contributed by atoms with E-state index in [0.29, 0.717) is 12.0 Å². The van der Waals surface area contributed by atoms with Gasteiger partial charge in [-0.25, -0.2) is 0 Å². The highest BCUT2D eigenvalue weighted by atomic mass is 16.2. The highest BCUT2D eigenvalue weighted by Gasteiger charge is 2.22. The van der Waals surface area contributed by atoms with E-state index < -0.39 is 0 Å². The molecule has 0 unspecified atom stereocenters. The SMILES string of the molecule is C[C@@H]1CC(=O)Nc2cccc(-c3ccc(C(=O)N4CCN(C)CC4)cc3)c2N1. The first-order valence-corrected chi connectivity index (χ1v) is 9.79. The van der Waals surface area contributed by atoms with E-state index in [-0.39, 0.29) is 17.9 Å². The van der Waals surface area contributed by atoms with E-state index in [0.717, 1.165) is 48.7 Å². The molecule has 28 heavy (non-hydrogen) atoms. The topological polar surface area (TPSA) is 64.7 Å². The molecule has 1 saturated heterocycles. The number of anilines is 2. The molecule has 6 nitrogen and oxygen atoms in total. The Kier molecular flexibility index (Phi) is 5.05. The largest absolute Gasteiger partial charge is 0.380 e. The maximum absolute atomic E-state index is 12.8. The quantitative estimate of drug-likeness (QED) is 0.843. The molecule has 0 radical (unpaired) electrons. The summed E-state index contributed by atoms with van der Waals surface area (Å²) in [6.45, 7) is 5.37. The first-order chi connectivity index (χ1) is 13.5. The molecular formula is C22H26N4O2. The Bertz CT molecular complexity index is 886. The van der Waals surface area contributed by atoms with E-state index in [2.05, 4.69) is 22.6 Å². The highest BCUT2D eigenvalue weighted by Crippen LogP contribution is 2.36. The molecule has 146 valence electrons. The van der Waals surface area contributed by atoms with E-state index in [9.17, 15) is 9.59 Å². The van der Waals surface area contributed by atoms with Gasteiger partial charge in [-0.05, 0) is 37.7 Å². The van der Waals surface area contributed by atoms with E-state index >= 15 is 0 Å². The number of amides is 2. The lowest BCUT2D eigenvalue weighted by atomic mass is 10.00. The van der Waals surface area contributed by atoms with Crippen molar-refractivity contribution in [2.45, 2.75) is 19.4 Å². The monoisotopic (exact) mass is 378 g/mol. The summed E-state index contributed by atoms with van der Waals surface area (Å²) in [6.07, 6.45) is 0.437. The van der Waals surface area contributed by atoms with Gasteiger partial charge in [0.05, 0.1) is 11.4 Å². The zero-order valence-corrected chi connectivity index (χ0v) is 16.4. The Balaban J connectivity index is 1.59. The summed E-state index contributed by atoms with van der Waals surface area (Å²) in [5.74, 6) is 0.106. The summed E-state index contributed by atoms with van der Waals surface area (Å²) < 4.78 is 0. The fraction of sp³-hybridized carbons (Fsp3) is 0.364. The second-order valence-corrected chi connectivity index (χ2v) is 7.70. The van der Waals surface area contributed by atoms with Gasteiger partial charge >= 0.3 is 0 Å². The van der Waals surface area contributed by atoms with Gasteiger partial charge < -0.3 is 20.4 Å². The van der Waals surface area contributed by atoms with Crippen molar-refractivity contribution in [3.05, 3.63) is 48.0 Å². The van der Waals surface area contributed by atoms with Crippen LogP contribution in [0.2, 0.25) is 0 Å². The van der Waals surface area contributed by atoms with E-state index in [1.54, 1.807) is 0 Å². The molecular weight excluding hydrogens is 352 g/mol. The second-order valence-electron chi connectivity index (χ2n) is 7.70. The van der Waals surface area contributed by atoms with Crippen molar-refractivity contribution in [2.24, 2.45) is 0 Å². The van der Waals surface area contributed by atoms with Crippen molar-refractivity contribution >= 4 is 23.2 Å². The van der Waals surface area contributed by atoms with Crippen LogP contribution < -0.4 is 10.6 Å². The van der Waals surface area contributed by atoms with Crippen LogP contribution in [0.3, 0.4) is 0 Å². The van der Waals surface area contributed by atoms with Crippen LogP contribution in [0.25, 0.3) is 11.1 Å². The molecule has 0 aromatic heterocycles. The number of hydrogen-bond acceptors (Lipinski definition) is 4. The van der Waals surface area contributed by atoms with Gasteiger partial charge in [0, 0.05) is 49.8 Å². The Morgan fingerprint density at radius 3 is 2.46 bits per heavy atom. The summed E-state index contributed by atoms with van der Waals surface area (Å²) in [4.78, 5) is 28.9. The molecule has 2 aliphatic heterocycles. The lowest BCUT2D eigenvalue weighted by Gasteiger charge is -2.32. The number of nitrogens with one attached hydrogen (secondary N) is 2. The zero-order chi connectivity index (χ0) is 19.7. The van der Waals surface area contributed by atoms with E-state index in [1.165, 1.54) is 0 Å². The van der Waals surface area contributed by atoms with E-state index in [1.807, 2.05) is 54.3 Å². The van der Waals surface area contributed by atoms with Gasteiger partial charge in [0.1, 0.15) is 0 Å². The maximum Gasteiger partial charge on any atom is 0.253 e. The molecule has 4 rings (SSSR count). The maximum atomic E-state index is 12.8. The molecule has 0 bridgehead atoms. The fourth-order valence-electron chi connectivity index (χ4n) is 3.81. The number of carbonyl (C=O) groups is 2. The molecule has 6 heteroatoms. The van der Waals surface area contributed by atoms with Crippen molar-refractivity contribution in [3.63, 3.8) is 0 Å². The Morgan fingerprint density at radius 2 is 1.75 bits per heavy atom. The predicted molar refractivity (Wildman–Crippen MR) is 112 cm³/mol. The third-order valence-corrected chi connectivity index (χ3v) is 5.45. The van der Waals surface area contributed by atoms with Crippen LogP contribution in [0.1, 0.15) is 23.7 Å². The number of para-hydroxylation sites is 1. The van der Waals surface area contributed by atoms with Crippen molar-refractivity contribution in [3.8, 4) is 11.1 Å². The summed E-state index contributed by atoms with van der Waals surface area (Å²) in [6, 6.07) is 13.7. The van der Waals surface area contributed by atoms with Crippen LogP contribution in [0, 0.1) is 0 Å². The molecule has 2 aromatic carbocycles. The van der Waals surface area contributed by atoms with Gasteiger partial charge in [0.25, 0.3) is 5.91 Å². The van der Waals surface area contributed by atoms with Crippen LogP contribution in [-0.2, 0) is 4.79 Å². The molecule has 1 atom stereocenters. The van der Waals surface area contributed by atoms with Crippen LogP contribution in [0.15, 0.2) is 42.5 Å². The van der Waals surface area contributed by atoms with Crippen LogP contribution in [0.4, 0.5) is 11.4 Å². The van der Waals surface area contributed by atoms with Crippen molar-refractivity contribution in [2.75, 3.05) is 43.9 Å². The van der Waals surface area contributed by atoms with Gasteiger partial charge in [-0.2, -0.15) is 0 Å². The Labute approximate surface area is 165 Å². The van der Waals surface area contributed by atoms with Crippen molar-refractivity contribution < 1.29 is 9.59 Å². The fourth-order valence-corrected chi connectivity index (χ4v) is 3.81. The molecule has 2 heterocycles. The minimum absolute atomic E-state index is 0.0176. The van der Waals surface area contributed by atoms with Gasteiger partial charge in [-0.1, -0.05) is 24.3 Å². The number of benzene rings is 2. The van der Waals surface area contributed by atoms with Crippen LogP contribution in [0.5, 0.6) is 0 Å². The zero-order valence-electron chi connectivity index (χ0n) is 16.4. The number of hydrogen-bond donors (Lipinski definition) is 2.